The second kappa shape index (κ2) is 5.19. The highest BCUT2D eigenvalue weighted by atomic mass is 16.5. The minimum atomic E-state index is 0.843. The topological polar surface area (TPSA) is 24.5 Å². The molecule has 1 aromatic rings. The van der Waals surface area contributed by atoms with E-state index in [1.54, 1.807) is 0 Å². The van der Waals surface area contributed by atoms with E-state index in [1.807, 2.05) is 0 Å². The summed E-state index contributed by atoms with van der Waals surface area (Å²) in [6, 6.07) is 6.58. The third kappa shape index (κ3) is 2.46. The van der Waals surface area contributed by atoms with Crippen molar-refractivity contribution in [1.82, 2.24) is 5.32 Å². The first-order valence-corrected chi connectivity index (χ1v) is 7.00. The van der Waals surface area contributed by atoms with Crippen LogP contribution in [0.25, 0.3) is 0 Å². The summed E-state index contributed by atoms with van der Waals surface area (Å²) < 4.78 is 5.55. The number of rotatable bonds is 4. The van der Waals surface area contributed by atoms with Crippen LogP contribution < -0.4 is 15.0 Å². The molecule has 3 heteroatoms. The van der Waals surface area contributed by atoms with Gasteiger partial charge in [-0.3, -0.25) is 0 Å². The van der Waals surface area contributed by atoms with Crippen molar-refractivity contribution in [2.75, 3.05) is 38.2 Å². The molecule has 98 valence electrons. The van der Waals surface area contributed by atoms with Crippen molar-refractivity contribution in [3.8, 4) is 5.75 Å². The summed E-state index contributed by atoms with van der Waals surface area (Å²) in [5.41, 5.74) is 2.69. The van der Waals surface area contributed by atoms with Crippen LogP contribution in [-0.2, 0) is 6.42 Å². The third-order valence-corrected chi connectivity index (χ3v) is 4.15. The van der Waals surface area contributed by atoms with E-state index < -0.39 is 0 Å². The molecule has 0 aromatic heterocycles. The number of hydrogen-bond acceptors (Lipinski definition) is 3. The van der Waals surface area contributed by atoms with Crippen LogP contribution in [0.2, 0.25) is 0 Å². The van der Waals surface area contributed by atoms with Gasteiger partial charge in [-0.15, -0.1) is 0 Å². The van der Waals surface area contributed by atoms with Crippen molar-refractivity contribution in [2.45, 2.75) is 19.3 Å². The van der Waals surface area contributed by atoms with Crippen molar-refractivity contribution in [2.24, 2.45) is 5.92 Å². The van der Waals surface area contributed by atoms with Gasteiger partial charge in [-0.1, -0.05) is 0 Å². The monoisotopic (exact) mass is 246 g/mol. The molecule has 1 unspecified atom stereocenters. The third-order valence-electron chi connectivity index (χ3n) is 4.15. The fraction of sp³-hybridized carbons (Fsp3) is 0.600. The predicted molar refractivity (Wildman–Crippen MR) is 74.5 cm³/mol. The molecule has 0 radical (unpaired) electrons. The molecule has 2 aliphatic heterocycles. The van der Waals surface area contributed by atoms with Crippen LogP contribution >= 0.6 is 0 Å². The quantitative estimate of drug-likeness (QED) is 0.880. The van der Waals surface area contributed by atoms with Crippen LogP contribution in [-0.4, -0.2) is 33.3 Å². The molecular formula is C15H22N2O. The van der Waals surface area contributed by atoms with E-state index in [1.165, 1.54) is 37.2 Å². The maximum atomic E-state index is 5.55. The van der Waals surface area contributed by atoms with Gasteiger partial charge in [0.15, 0.2) is 0 Å². The summed E-state index contributed by atoms with van der Waals surface area (Å²) in [4.78, 5) is 2.37. The van der Waals surface area contributed by atoms with Crippen LogP contribution in [0.4, 0.5) is 5.69 Å². The van der Waals surface area contributed by atoms with E-state index in [4.69, 9.17) is 4.74 Å². The zero-order chi connectivity index (χ0) is 12.4. The number of ether oxygens (including phenoxy) is 1. The summed E-state index contributed by atoms with van der Waals surface area (Å²) >= 11 is 0. The number of hydrogen-bond donors (Lipinski definition) is 1. The molecule has 18 heavy (non-hydrogen) atoms. The standard InChI is InChI=1S/C15H22N2O/c1-17(8-5-12-4-7-16-11-12)14-2-3-15-13(10-14)6-9-18-15/h2-3,10,12,16H,4-9,11H2,1H3. The number of anilines is 1. The highest BCUT2D eigenvalue weighted by Gasteiger charge is 2.16. The highest BCUT2D eigenvalue weighted by molar-refractivity contribution is 5.53. The average molecular weight is 246 g/mol. The Morgan fingerprint density at radius 2 is 2.39 bits per heavy atom. The molecule has 0 aliphatic carbocycles. The Morgan fingerprint density at radius 1 is 1.44 bits per heavy atom. The van der Waals surface area contributed by atoms with Gasteiger partial charge in [0, 0.05) is 25.7 Å². The predicted octanol–water partition coefficient (Wildman–Crippen LogP) is 2.06. The normalized spacial score (nSPS) is 21.7. The van der Waals surface area contributed by atoms with Gasteiger partial charge >= 0.3 is 0 Å². The lowest BCUT2D eigenvalue weighted by atomic mass is 10.0. The lowest BCUT2D eigenvalue weighted by Crippen LogP contribution is -2.21. The number of nitrogens with zero attached hydrogens (tertiary/aromatic N) is 1. The van der Waals surface area contributed by atoms with Crippen LogP contribution in [0.1, 0.15) is 18.4 Å². The molecule has 3 nitrogen and oxygen atoms in total. The minimum Gasteiger partial charge on any atom is -0.493 e. The lowest BCUT2D eigenvalue weighted by Gasteiger charge is -2.21. The Morgan fingerprint density at radius 3 is 3.22 bits per heavy atom. The first kappa shape index (κ1) is 11.8. The summed E-state index contributed by atoms with van der Waals surface area (Å²) in [5, 5.41) is 3.43. The molecule has 2 aliphatic rings. The molecule has 1 fully saturated rings. The van der Waals surface area contributed by atoms with E-state index in [-0.39, 0.29) is 0 Å². The van der Waals surface area contributed by atoms with Gasteiger partial charge in [0.05, 0.1) is 6.61 Å². The molecule has 2 heterocycles. The first-order valence-electron chi connectivity index (χ1n) is 7.00. The maximum Gasteiger partial charge on any atom is 0.122 e. The van der Waals surface area contributed by atoms with Crippen LogP contribution in [0.3, 0.4) is 0 Å². The van der Waals surface area contributed by atoms with E-state index in [0.29, 0.717) is 0 Å². The molecule has 1 atom stereocenters. The van der Waals surface area contributed by atoms with E-state index in [2.05, 4.69) is 35.5 Å². The first-order chi connectivity index (χ1) is 8.83. The largest absolute Gasteiger partial charge is 0.493 e. The van der Waals surface area contributed by atoms with Gasteiger partial charge in [0.2, 0.25) is 0 Å². The fourth-order valence-electron chi connectivity index (χ4n) is 2.88. The van der Waals surface area contributed by atoms with E-state index in [9.17, 15) is 0 Å². The molecular weight excluding hydrogens is 224 g/mol. The van der Waals surface area contributed by atoms with Crippen molar-refractivity contribution >= 4 is 5.69 Å². The zero-order valence-corrected chi connectivity index (χ0v) is 11.1. The zero-order valence-electron chi connectivity index (χ0n) is 11.1. The summed E-state index contributed by atoms with van der Waals surface area (Å²) in [6.07, 6.45) is 3.69. The molecule has 0 amide bonds. The van der Waals surface area contributed by atoms with Gasteiger partial charge < -0.3 is 15.0 Å². The van der Waals surface area contributed by atoms with Gasteiger partial charge in [-0.25, -0.2) is 0 Å². The number of benzene rings is 1. The van der Waals surface area contributed by atoms with Gasteiger partial charge in [-0.05, 0) is 55.6 Å². The van der Waals surface area contributed by atoms with Gasteiger partial charge in [0.25, 0.3) is 0 Å². The minimum absolute atomic E-state index is 0.843. The van der Waals surface area contributed by atoms with Crippen molar-refractivity contribution in [1.29, 1.82) is 0 Å². The smallest absolute Gasteiger partial charge is 0.122 e. The van der Waals surface area contributed by atoms with E-state index in [0.717, 1.165) is 31.2 Å². The molecule has 0 spiro atoms. The van der Waals surface area contributed by atoms with Gasteiger partial charge in [0.1, 0.15) is 5.75 Å². The molecule has 0 saturated carbocycles. The van der Waals surface area contributed by atoms with Crippen LogP contribution in [0.15, 0.2) is 18.2 Å². The molecule has 1 aromatic carbocycles. The molecule has 1 N–H and O–H groups in total. The lowest BCUT2D eigenvalue weighted by molar-refractivity contribution is 0.357. The number of fused-ring (bicyclic) bond motifs is 1. The van der Waals surface area contributed by atoms with Gasteiger partial charge in [-0.2, -0.15) is 0 Å². The Kier molecular flexibility index (Phi) is 3.41. The van der Waals surface area contributed by atoms with Crippen molar-refractivity contribution in [3.05, 3.63) is 23.8 Å². The fourth-order valence-corrected chi connectivity index (χ4v) is 2.88. The summed E-state index contributed by atoms with van der Waals surface area (Å²) in [5.74, 6) is 1.94. The Labute approximate surface area is 109 Å². The maximum absolute atomic E-state index is 5.55. The van der Waals surface area contributed by atoms with Crippen LogP contribution in [0, 0.1) is 5.92 Å². The second-order valence-corrected chi connectivity index (χ2v) is 5.46. The number of nitrogens with one attached hydrogen (secondary N) is 1. The summed E-state index contributed by atoms with van der Waals surface area (Å²) in [7, 11) is 2.19. The van der Waals surface area contributed by atoms with Crippen molar-refractivity contribution in [3.63, 3.8) is 0 Å². The van der Waals surface area contributed by atoms with Crippen LogP contribution in [0.5, 0.6) is 5.75 Å². The van der Waals surface area contributed by atoms with E-state index >= 15 is 0 Å². The molecule has 1 saturated heterocycles. The Hall–Kier alpha value is -1.22. The Balaban J connectivity index is 1.59. The second-order valence-electron chi connectivity index (χ2n) is 5.46. The highest BCUT2D eigenvalue weighted by Crippen LogP contribution is 2.29. The SMILES string of the molecule is CN(CCC1CCNC1)c1ccc2c(c1)CCO2. The summed E-state index contributed by atoms with van der Waals surface area (Å²) in [6.45, 7) is 4.39. The van der Waals surface area contributed by atoms with Crippen molar-refractivity contribution < 1.29 is 4.74 Å². The Bertz CT molecular complexity index is 413. The molecule has 3 rings (SSSR count). The average Bonchev–Trinajstić information content (AvgIpc) is 3.05. The molecule has 0 bridgehead atoms.